The van der Waals surface area contributed by atoms with Crippen LogP contribution in [0.25, 0.3) is 0 Å². The molecule has 0 radical (unpaired) electrons. The summed E-state index contributed by atoms with van der Waals surface area (Å²) < 4.78 is 5.31. The predicted molar refractivity (Wildman–Crippen MR) is 71.2 cm³/mol. The molecule has 1 aliphatic heterocycles. The molecule has 0 bridgehead atoms. The van der Waals surface area contributed by atoms with Crippen molar-refractivity contribution in [1.29, 1.82) is 0 Å². The monoisotopic (exact) mass is 233 g/mol. The lowest BCUT2D eigenvalue weighted by Crippen LogP contribution is -2.35. The van der Waals surface area contributed by atoms with Gasteiger partial charge in [-0.2, -0.15) is 0 Å². The molecule has 0 aliphatic carbocycles. The number of hydrogen-bond donors (Lipinski definition) is 1. The second-order valence-electron chi connectivity index (χ2n) is 4.97. The molecule has 1 heterocycles. The van der Waals surface area contributed by atoms with E-state index in [1.807, 2.05) is 0 Å². The number of benzene rings is 1. The summed E-state index contributed by atoms with van der Waals surface area (Å²) in [5, 5.41) is 3.59. The Balaban J connectivity index is 1.93. The smallest absolute Gasteiger partial charge is 0.0793 e. The average Bonchev–Trinajstić information content (AvgIpc) is 2.40. The van der Waals surface area contributed by atoms with Gasteiger partial charge in [0.15, 0.2) is 0 Å². The summed E-state index contributed by atoms with van der Waals surface area (Å²) in [5.74, 6) is 0. The minimum Gasteiger partial charge on any atom is -0.377 e. The molecule has 1 N–H and O–H groups in total. The van der Waals surface area contributed by atoms with E-state index in [4.69, 9.17) is 4.74 Å². The van der Waals surface area contributed by atoms with Gasteiger partial charge in [0.1, 0.15) is 0 Å². The topological polar surface area (TPSA) is 21.3 Å². The Hall–Kier alpha value is -0.860. The van der Waals surface area contributed by atoms with Crippen molar-refractivity contribution < 1.29 is 4.74 Å². The Bertz CT molecular complexity index is 327. The van der Waals surface area contributed by atoms with Crippen molar-refractivity contribution in [2.45, 2.75) is 44.8 Å². The van der Waals surface area contributed by atoms with Crippen LogP contribution in [0.3, 0.4) is 0 Å². The summed E-state index contributed by atoms with van der Waals surface area (Å²) >= 11 is 0. The Labute approximate surface area is 104 Å². The maximum atomic E-state index is 5.31. The van der Waals surface area contributed by atoms with E-state index in [-0.39, 0.29) is 6.10 Å². The lowest BCUT2D eigenvalue weighted by molar-refractivity contribution is 0.119. The quantitative estimate of drug-likeness (QED) is 0.863. The van der Waals surface area contributed by atoms with Crippen LogP contribution in [0.4, 0.5) is 0 Å². The summed E-state index contributed by atoms with van der Waals surface area (Å²) in [4.78, 5) is 0. The van der Waals surface area contributed by atoms with Crippen molar-refractivity contribution in [2.75, 3.05) is 13.7 Å². The van der Waals surface area contributed by atoms with Gasteiger partial charge < -0.3 is 10.1 Å². The summed E-state index contributed by atoms with van der Waals surface area (Å²) in [6.45, 7) is 3.27. The summed E-state index contributed by atoms with van der Waals surface area (Å²) in [6.07, 6.45) is 5.37. The van der Waals surface area contributed by atoms with E-state index in [2.05, 4.69) is 36.5 Å². The highest BCUT2D eigenvalue weighted by Gasteiger charge is 2.13. The third-order valence-electron chi connectivity index (χ3n) is 3.70. The first kappa shape index (κ1) is 12.6. The molecule has 1 aromatic carbocycles. The zero-order valence-corrected chi connectivity index (χ0v) is 10.9. The number of methoxy groups -OCH3 is 1. The van der Waals surface area contributed by atoms with E-state index >= 15 is 0 Å². The summed E-state index contributed by atoms with van der Waals surface area (Å²) in [6, 6.07) is 9.52. The molecule has 1 aromatic rings. The molecule has 17 heavy (non-hydrogen) atoms. The molecule has 0 saturated carbocycles. The number of ether oxygens (including phenoxy) is 1. The van der Waals surface area contributed by atoms with Crippen LogP contribution < -0.4 is 5.32 Å². The van der Waals surface area contributed by atoms with Gasteiger partial charge in [-0.25, -0.2) is 0 Å². The molecule has 2 rings (SSSR count). The molecule has 0 aromatic heterocycles. The van der Waals surface area contributed by atoms with Crippen LogP contribution in [0.5, 0.6) is 0 Å². The van der Waals surface area contributed by atoms with E-state index in [1.165, 1.54) is 36.9 Å². The highest BCUT2D eigenvalue weighted by atomic mass is 16.5. The van der Waals surface area contributed by atoms with Gasteiger partial charge in [-0.3, -0.25) is 0 Å². The van der Waals surface area contributed by atoms with Crippen molar-refractivity contribution in [3.63, 3.8) is 0 Å². The van der Waals surface area contributed by atoms with Crippen molar-refractivity contribution in [1.82, 2.24) is 5.32 Å². The van der Waals surface area contributed by atoms with Crippen molar-refractivity contribution in [3.8, 4) is 0 Å². The molecule has 2 atom stereocenters. The van der Waals surface area contributed by atoms with Crippen LogP contribution in [0.2, 0.25) is 0 Å². The standard InChI is InChI=1S/C15H23NO/c1-12(17-2)14-8-6-13(7-9-14)11-15-5-3-4-10-16-15/h6-9,12,15-16H,3-5,10-11H2,1-2H3. The largest absolute Gasteiger partial charge is 0.377 e. The molecule has 2 nitrogen and oxygen atoms in total. The normalized spacial score (nSPS) is 22.4. The molecule has 0 amide bonds. The first-order valence-electron chi connectivity index (χ1n) is 6.64. The molecule has 1 aliphatic rings. The van der Waals surface area contributed by atoms with E-state index in [9.17, 15) is 0 Å². The molecule has 2 heteroatoms. The molecule has 94 valence electrons. The SMILES string of the molecule is COC(C)c1ccc(CC2CCCCN2)cc1. The first-order valence-corrected chi connectivity index (χ1v) is 6.64. The van der Waals surface area contributed by atoms with Crippen molar-refractivity contribution in [3.05, 3.63) is 35.4 Å². The van der Waals surface area contributed by atoms with Gasteiger partial charge in [0.25, 0.3) is 0 Å². The van der Waals surface area contributed by atoms with Crippen LogP contribution in [-0.2, 0) is 11.2 Å². The van der Waals surface area contributed by atoms with Crippen molar-refractivity contribution in [2.24, 2.45) is 0 Å². The van der Waals surface area contributed by atoms with E-state index < -0.39 is 0 Å². The Morgan fingerprint density at radius 3 is 2.65 bits per heavy atom. The molecule has 2 unspecified atom stereocenters. The van der Waals surface area contributed by atoms with Gasteiger partial charge in [0.05, 0.1) is 6.10 Å². The number of hydrogen-bond acceptors (Lipinski definition) is 2. The van der Waals surface area contributed by atoms with Crippen molar-refractivity contribution >= 4 is 0 Å². The maximum Gasteiger partial charge on any atom is 0.0793 e. The minimum atomic E-state index is 0.192. The van der Waals surface area contributed by atoms with Crippen LogP contribution in [0.15, 0.2) is 24.3 Å². The molecular formula is C15H23NO. The lowest BCUT2D eigenvalue weighted by Gasteiger charge is -2.23. The third kappa shape index (κ3) is 3.55. The predicted octanol–water partition coefficient (Wildman–Crippen LogP) is 3.08. The molecular weight excluding hydrogens is 210 g/mol. The molecule has 1 saturated heterocycles. The van der Waals surface area contributed by atoms with Gasteiger partial charge >= 0.3 is 0 Å². The highest BCUT2D eigenvalue weighted by Crippen LogP contribution is 2.18. The minimum absolute atomic E-state index is 0.192. The number of nitrogens with one attached hydrogen (secondary N) is 1. The maximum absolute atomic E-state index is 5.31. The second-order valence-corrected chi connectivity index (χ2v) is 4.97. The highest BCUT2D eigenvalue weighted by molar-refractivity contribution is 5.24. The number of piperidine rings is 1. The fourth-order valence-corrected chi connectivity index (χ4v) is 2.44. The first-order chi connectivity index (χ1) is 8.29. The van der Waals surface area contributed by atoms with Crippen LogP contribution in [0, 0.1) is 0 Å². The second kappa shape index (κ2) is 6.18. The summed E-state index contributed by atoms with van der Waals surface area (Å²) in [5.41, 5.74) is 2.68. The zero-order valence-electron chi connectivity index (χ0n) is 10.9. The Kier molecular flexibility index (Phi) is 4.57. The van der Waals surface area contributed by atoms with Gasteiger partial charge in [-0.1, -0.05) is 30.7 Å². The fourth-order valence-electron chi connectivity index (χ4n) is 2.44. The lowest BCUT2D eigenvalue weighted by atomic mass is 9.97. The molecule has 0 spiro atoms. The van der Waals surface area contributed by atoms with Crippen LogP contribution >= 0.6 is 0 Å². The summed E-state index contributed by atoms with van der Waals surface area (Å²) in [7, 11) is 1.75. The van der Waals surface area contributed by atoms with Gasteiger partial charge in [0.2, 0.25) is 0 Å². The Morgan fingerprint density at radius 1 is 1.29 bits per heavy atom. The van der Waals surface area contributed by atoms with Gasteiger partial charge in [0, 0.05) is 13.2 Å². The Morgan fingerprint density at radius 2 is 2.06 bits per heavy atom. The van der Waals surface area contributed by atoms with Crippen LogP contribution in [-0.4, -0.2) is 19.7 Å². The fraction of sp³-hybridized carbons (Fsp3) is 0.600. The average molecular weight is 233 g/mol. The van der Waals surface area contributed by atoms with E-state index in [0.717, 1.165) is 6.42 Å². The van der Waals surface area contributed by atoms with Gasteiger partial charge in [-0.05, 0) is 43.9 Å². The third-order valence-corrected chi connectivity index (χ3v) is 3.70. The van der Waals surface area contributed by atoms with E-state index in [0.29, 0.717) is 6.04 Å². The van der Waals surface area contributed by atoms with Crippen LogP contribution in [0.1, 0.15) is 43.4 Å². The molecule has 1 fully saturated rings. The van der Waals surface area contributed by atoms with Gasteiger partial charge in [-0.15, -0.1) is 0 Å². The van der Waals surface area contributed by atoms with E-state index in [1.54, 1.807) is 7.11 Å². The zero-order chi connectivity index (χ0) is 12.1. The number of rotatable bonds is 4.